The Morgan fingerprint density at radius 2 is 1.51 bits per heavy atom. The number of carbonyl (C=O) groups is 3. The molecule has 240 valence electrons. The average molecular weight is 770 g/mol. The van der Waals surface area contributed by atoms with Gasteiger partial charge in [0, 0.05) is 11.6 Å². The number of hydrogen-bond donors (Lipinski definition) is 3. The van der Waals surface area contributed by atoms with Crippen LogP contribution in [0.15, 0.2) is 42.5 Å². The topological polar surface area (TPSA) is 87.3 Å². The first-order valence-electron chi connectivity index (χ1n) is 12.3. The van der Waals surface area contributed by atoms with E-state index in [1.54, 1.807) is 5.32 Å². The quantitative estimate of drug-likeness (QED) is 0.121. The molecule has 0 radical (unpaired) electrons. The van der Waals surface area contributed by atoms with Gasteiger partial charge in [-0.25, -0.2) is 8.78 Å². The van der Waals surface area contributed by atoms with Crippen molar-refractivity contribution in [2.45, 2.75) is 27.9 Å². The number of halogens is 11. The molecule has 0 bridgehead atoms. The summed E-state index contributed by atoms with van der Waals surface area (Å²) in [5.41, 5.74) is -6.21. The van der Waals surface area contributed by atoms with Crippen molar-refractivity contribution in [3.8, 4) is 0 Å². The lowest BCUT2D eigenvalue weighted by Crippen LogP contribution is -2.26. The Kier molecular flexibility index (Phi) is 10.7. The van der Waals surface area contributed by atoms with Crippen LogP contribution >= 0.6 is 81.4 Å². The second-order valence-electron chi connectivity index (χ2n) is 9.55. The molecule has 1 aliphatic rings. The lowest BCUT2D eigenvalue weighted by Gasteiger charge is -2.16. The largest absolute Gasteiger partial charge is 0.442 e. The highest BCUT2D eigenvalue weighted by atomic mass is 35.5. The first-order valence-corrected chi connectivity index (χ1v) is 15.4. The number of rotatable bonds is 8. The Morgan fingerprint density at radius 3 is 2.11 bits per heavy atom. The Bertz CT molecular complexity index is 1690. The summed E-state index contributed by atoms with van der Waals surface area (Å²) in [6.07, 6.45) is 0. The molecule has 0 saturated heterocycles. The number of anilines is 3. The number of carbonyl (C=O) groups excluding carboxylic acids is 3. The maximum Gasteiger partial charge on any atom is 0.442 e. The van der Waals surface area contributed by atoms with Crippen LogP contribution < -0.4 is 16.0 Å². The highest BCUT2D eigenvalue weighted by Gasteiger charge is 2.67. The van der Waals surface area contributed by atoms with E-state index in [1.807, 2.05) is 0 Å². The van der Waals surface area contributed by atoms with Gasteiger partial charge in [-0.3, -0.25) is 14.4 Å². The molecule has 0 spiro atoms. The zero-order chi connectivity index (χ0) is 33.6. The molecule has 0 heterocycles. The summed E-state index contributed by atoms with van der Waals surface area (Å²) < 4.78 is 65.7. The van der Waals surface area contributed by atoms with Crippen LogP contribution in [0.2, 0.25) is 20.1 Å². The summed E-state index contributed by atoms with van der Waals surface area (Å²) in [7, 11) is 0. The average Bonchev–Trinajstić information content (AvgIpc) is 3.52. The number of nitrogens with one attached hydrogen (secondary N) is 3. The fraction of sp³-hybridized carbons (Fsp3) is 0.222. The number of amides is 3. The van der Waals surface area contributed by atoms with E-state index in [-0.39, 0.29) is 31.3 Å². The van der Waals surface area contributed by atoms with E-state index in [2.05, 4.69) is 10.6 Å². The van der Waals surface area contributed by atoms with Gasteiger partial charge in [0.25, 0.3) is 5.91 Å². The van der Waals surface area contributed by atoms with Gasteiger partial charge in [-0.2, -0.15) is 13.2 Å². The molecule has 18 heteroatoms. The van der Waals surface area contributed by atoms with Gasteiger partial charge in [0.15, 0.2) is 5.82 Å². The van der Waals surface area contributed by atoms with E-state index >= 15 is 4.39 Å². The van der Waals surface area contributed by atoms with Crippen LogP contribution in [0.4, 0.5) is 39.0 Å². The molecule has 2 unspecified atom stereocenters. The zero-order valence-corrected chi connectivity index (χ0v) is 27.4. The Morgan fingerprint density at radius 1 is 0.889 bits per heavy atom. The molecule has 1 fully saturated rings. The number of benzene rings is 3. The van der Waals surface area contributed by atoms with Gasteiger partial charge in [0.2, 0.25) is 11.8 Å². The summed E-state index contributed by atoms with van der Waals surface area (Å²) in [6.45, 7) is 0.898. The molecular formula is C27H16Cl6F5N3O3S. The van der Waals surface area contributed by atoms with Gasteiger partial charge >= 0.3 is 5.51 Å². The van der Waals surface area contributed by atoms with Crippen molar-refractivity contribution >= 4 is 116 Å². The molecular weight excluding hydrogens is 754 g/mol. The summed E-state index contributed by atoms with van der Waals surface area (Å²) in [6, 6.07) is 8.25. The van der Waals surface area contributed by atoms with Crippen LogP contribution in [0.5, 0.6) is 0 Å². The van der Waals surface area contributed by atoms with E-state index in [1.165, 1.54) is 24.3 Å². The van der Waals surface area contributed by atoms with Gasteiger partial charge in [-0.05, 0) is 66.7 Å². The molecule has 0 aliphatic heterocycles. The van der Waals surface area contributed by atoms with Crippen LogP contribution in [0, 0.1) is 17.6 Å². The zero-order valence-electron chi connectivity index (χ0n) is 22.1. The molecule has 3 aromatic carbocycles. The first-order chi connectivity index (χ1) is 20.8. The Hall–Kier alpha value is -2.19. The van der Waals surface area contributed by atoms with Crippen molar-refractivity contribution in [1.29, 1.82) is 0 Å². The molecule has 3 atom stereocenters. The number of alkyl halides is 5. The third kappa shape index (κ3) is 8.04. The second kappa shape index (κ2) is 13.5. The smallest absolute Gasteiger partial charge is 0.326 e. The third-order valence-electron chi connectivity index (χ3n) is 6.45. The molecule has 3 amide bonds. The summed E-state index contributed by atoms with van der Waals surface area (Å²) in [5.74, 6) is -7.44. The SMILES string of the molecule is CC(SC(F)(F)F)C(=O)Nc1c(F)ccc(NC(=O)c2cc(NC(=O)C3[C@H](c4cc(Cl)c(Cl)c(Cl)c4)C3(Cl)Cl)ccc2Cl)c1F. The lowest BCUT2D eigenvalue weighted by atomic mass is 10.1. The minimum Gasteiger partial charge on any atom is -0.326 e. The van der Waals surface area contributed by atoms with Crippen LogP contribution in [-0.2, 0) is 9.59 Å². The predicted octanol–water partition coefficient (Wildman–Crippen LogP) is 9.94. The fourth-order valence-electron chi connectivity index (χ4n) is 4.25. The van der Waals surface area contributed by atoms with E-state index in [0.717, 1.165) is 19.1 Å². The van der Waals surface area contributed by atoms with Crippen LogP contribution in [0.25, 0.3) is 0 Å². The monoisotopic (exact) mass is 767 g/mol. The maximum atomic E-state index is 15.1. The Balaban J connectivity index is 1.50. The van der Waals surface area contributed by atoms with Crippen LogP contribution in [0.1, 0.15) is 28.8 Å². The second-order valence-corrected chi connectivity index (χ2v) is 14.0. The lowest BCUT2D eigenvalue weighted by molar-refractivity contribution is -0.117. The molecule has 3 aromatic rings. The standard InChI is InChI=1S/C27H16Cl6F5N3O3S/c1-9(45-27(36,37)38)23(42)41-22-16(34)4-5-17(21(22)35)40-24(43)12-8-11(2-3-13(12)28)39-25(44)19-18(26(19,32)33)10-6-14(29)20(31)15(30)7-10/h2-9,18-19H,1H3,(H,39,44)(H,40,43)(H,41,42)/t9?,18-,19?/m0/s1. The molecule has 1 saturated carbocycles. The van der Waals surface area contributed by atoms with Crippen molar-refractivity contribution < 1.29 is 36.3 Å². The van der Waals surface area contributed by atoms with E-state index in [9.17, 15) is 31.9 Å². The first kappa shape index (κ1) is 35.7. The van der Waals surface area contributed by atoms with Gasteiger partial charge in [0.1, 0.15) is 15.8 Å². The predicted molar refractivity (Wildman–Crippen MR) is 168 cm³/mol. The van der Waals surface area contributed by atoms with E-state index in [4.69, 9.17) is 69.6 Å². The van der Waals surface area contributed by atoms with Crippen molar-refractivity contribution in [2.24, 2.45) is 5.92 Å². The minimum atomic E-state index is -4.77. The molecule has 45 heavy (non-hydrogen) atoms. The van der Waals surface area contributed by atoms with Crippen molar-refractivity contribution in [3.63, 3.8) is 0 Å². The van der Waals surface area contributed by atoms with Crippen molar-refractivity contribution in [3.05, 3.63) is 85.3 Å². The number of thioether (sulfide) groups is 1. The maximum absolute atomic E-state index is 15.1. The van der Waals surface area contributed by atoms with Gasteiger partial charge in [-0.1, -0.05) is 46.4 Å². The van der Waals surface area contributed by atoms with Gasteiger partial charge in [0.05, 0.1) is 42.5 Å². The van der Waals surface area contributed by atoms with E-state index in [0.29, 0.717) is 11.6 Å². The molecule has 0 aromatic heterocycles. The van der Waals surface area contributed by atoms with Crippen LogP contribution in [-0.4, -0.2) is 32.8 Å². The molecule has 6 nitrogen and oxygen atoms in total. The van der Waals surface area contributed by atoms with E-state index < -0.39 is 79.4 Å². The summed E-state index contributed by atoms with van der Waals surface area (Å²) in [5, 5.41) is 5.00. The van der Waals surface area contributed by atoms with Gasteiger partial charge < -0.3 is 16.0 Å². The van der Waals surface area contributed by atoms with Crippen LogP contribution in [0.3, 0.4) is 0 Å². The van der Waals surface area contributed by atoms with Crippen molar-refractivity contribution in [1.82, 2.24) is 0 Å². The Labute approximate surface area is 286 Å². The molecule has 1 aliphatic carbocycles. The molecule has 3 N–H and O–H groups in total. The van der Waals surface area contributed by atoms with Crippen molar-refractivity contribution in [2.75, 3.05) is 16.0 Å². The highest BCUT2D eigenvalue weighted by Crippen LogP contribution is 2.65. The highest BCUT2D eigenvalue weighted by molar-refractivity contribution is 8.01. The fourth-order valence-corrected chi connectivity index (χ4v) is 6.46. The summed E-state index contributed by atoms with van der Waals surface area (Å²) >= 11 is 36.4. The minimum absolute atomic E-state index is 0.0696. The number of hydrogen-bond acceptors (Lipinski definition) is 4. The molecule has 4 rings (SSSR count). The third-order valence-corrected chi connectivity index (χ3v) is 9.75. The normalized spacial score (nSPS) is 17.8. The summed E-state index contributed by atoms with van der Waals surface area (Å²) in [4.78, 5) is 38.2. The van der Waals surface area contributed by atoms with Gasteiger partial charge in [-0.15, -0.1) is 23.2 Å².